The van der Waals surface area contributed by atoms with Gasteiger partial charge in [-0.25, -0.2) is 9.50 Å². The van der Waals surface area contributed by atoms with Gasteiger partial charge in [0.2, 0.25) is 11.8 Å². The summed E-state index contributed by atoms with van der Waals surface area (Å²) in [5, 5.41) is 3.23. The third-order valence-electron chi connectivity index (χ3n) is 6.85. The number of H-pyrrole nitrogens is 1. The van der Waals surface area contributed by atoms with E-state index in [0.717, 1.165) is 41.8 Å². The summed E-state index contributed by atoms with van der Waals surface area (Å²) in [4.78, 5) is 46.6. The lowest BCUT2D eigenvalue weighted by molar-refractivity contribution is -0.134. The second-order valence-electron chi connectivity index (χ2n) is 9.20. The minimum atomic E-state index is -0.166. The lowest BCUT2D eigenvalue weighted by Gasteiger charge is -2.35. The number of aryl methyl sites for hydroxylation is 1. The highest BCUT2D eigenvalue weighted by atomic mass is 16.2. The maximum absolute atomic E-state index is 13.2. The molecule has 5 rings (SSSR count). The molecule has 1 fully saturated rings. The minimum absolute atomic E-state index is 0.0395. The van der Waals surface area contributed by atoms with Crippen molar-refractivity contribution in [3.63, 3.8) is 0 Å². The molecular formula is C25H29N5O3. The molecule has 8 nitrogen and oxygen atoms in total. The van der Waals surface area contributed by atoms with Crippen LogP contribution in [-0.4, -0.2) is 49.3 Å². The first-order valence-electron chi connectivity index (χ1n) is 11.6. The maximum Gasteiger partial charge on any atom is 0.277 e. The number of aromatic amines is 1. The van der Waals surface area contributed by atoms with Crippen molar-refractivity contribution in [1.82, 2.24) is 24.4 Å². The Balaban J connectivity index is 1.45. The largest absolute Gasteiger partial charge is 0.338 e. The van der Waals surface area contributed by atoms with Crippen LogP contribution in [0, 0.1) is 6.92 Å². The van der Waals surface area contributed by atoms with Gasteiger partial charge in [0.25, 0.3) is 5.56 Å². The number of carbonyl (C=O) groups excluding carboxylic acids is 2. The van der Waals surface area contributed by atoms with Gasteiger partial charge < -0.3 is 9.80 Å². The van der Waals surface area contributed by atoms with E-state index in [1.54, 1.807) is 4.90 Å². The normalized spacial score (nSPS) is 18.4. The summed E-state index contributed by atoms with van der Waals surface area (Å²) in [7, 11) is 0. The van der Waals surface area contributed by atoms with Gasteiger partial charge in [0.05, 0.1) is 36.0 Å². The average molecular weight is 448 g/mol. The Morgan fingerprint density at radius 1 is 1.18 bits per heavy atom. The number of rotatable bonds is 3. The molecule has 172 valence electrons. The van der Waals surface area contributed by atoms with Crippen molar-refractivity contribution < 1.29 is 9.59 Å². The lowest BCUT2D eigenvalue weighted by Crippen LogP contribution is -2.40. The van der Waals surface area contributed by atoms with Crippen LogP contribution in [0.1, 0.15) is 60.3 Å². The highest BCUT2D eigenvalue weighted by Gasteiger charge is 2.30. The Morgan fingerprint density at radius 3 is 2.82 bits per heavy atom. The molecule has 0 unspecified atom stereocenters. The number of amides is 2. The van der Waals surface area contributed by atoms with E-state index in [0.29, 0.717) is 43.7 Å². The number of benzene rings is 1. The summed E-state index contributed by atoms with van der Waals surface area (Å²) in [6.07, 6.45) is 3.79. The van der Waals surface area contributed by atoms with Crippen LogP contribution in [-0.2, 0) is 29.0 Å². The summed E-state index contributed by atoms with van der Waals surface area (Å²) in [6.45, 7) is 5.12. The van der Waals surface area contributed by atoms with Crippen LogP contribution in [0.15, 0.2) is 35.1 Å². The predicted octanol–water partition coefficient (Wildman–Crippen LogP) is 2.53. The smallest absolute Gasteiger partial charge is 0.277 e. The standard InChI is InChI=1S/C25H29N5O3/c1-16-6-5-7-18(12-16)13-24(32)29-10-4-3-8-22(29)21-14-23-26-20-9-11-28(17(2)31)15-19(20)25(33)30(23)27-21/h5-7,12,14,22,27H,3-4,8-11,13,15H2,1-2H3/t22-/m0/s1. The summed E-state index contributed by atoms with van der Waals surface area (Å²) in [5.74, 6) is 0.0583. The Labute approximate surface area is 192 Å². The number of nitrogens with one attached hydrogen (secondary N) is 1. The van der Waals surface area contributed by atoms with Gasteiger partial charge in [0.15, 0.2) is 5.65 Å². The van der Waals surface area contributed by atoms with Crippen LogP contribution in [0.25, 0.3) is 5.65 Å². The highest BCUT2D eigenvalue weighted by molar-refractivity contribution is 5.79. The summed E-state index contributed by atoms with van der Waals surface area (Å²) in [5.41, 5.74) is 4.73. The van der Waals surface area contributed by atoms with Crippen molar-refractivity contribution in [2.45, 2.75) is 58.5 Å². The van der Waals surface area contributed by atoms with Crippen LogP contribution < -0.4 is 5.56 Å². The van der Waals surface area contributed by atoms with Crippen LogP contribution in [0.5, 0.6) is 0 Å². The Kier molecular flexibility index (Phi) is 5.52. The Morgan fingerprint density at radius 2 is 2.03 bits per heavy atom. The first kappa shape index (κ1) is 21.4. The van der Waals surface area contributed by atoms with Gasteiger partial charge in [-0.2, -0.15) is 0 Å². The molecule has 1 aromatic carbocycles. The molecule has 2 aliphatic rings. The average Bonchev–Trinajstić information content (AvgIpc) is 3.23. The number of nitrogens with zero attached hydrogens (tertiary/aromatic N) is 4. The topological polar surface area (TPSA) is 90.8 Å². The molecule has 0 bridgehead atoms. The number of carbonyl (C=O) groups is 2. The van der Waals surface area contributed by atoms with Crippen molar-refractivity contribution in [1.29, 1.82) is 0 Å². The fraction of sp³-hybridized carbons (Fsp3) is 0.440. The van der Waals surface area contributed by atoms with Gasteiger partial charge in [-0.3, -0.25) is 19.5 Å². The van der Waals surface area contributed by atoms with Gasteiger partial charge in [-0.05, 0) is 31.7 Å². The zero-order chi connectivity index (χ0) is 23.1. The number of fused-ring (bicyclic) bond motifs is 2. The number of likely N-dealkylation sites (tertiary alicyclic amines) is 1. The second kappa shape index (κ2) is 8.50. The number of hydrogen-bond acceptors (Lipinski definition) is 4. The fourth-order valence-electron chi connectivity index (χ4n) is 5.09. The minimum Gasteiger partial charge on any atom is -0.338 e. The summed E-state index contributed by atoms with van der Waals surface area (Å²) in [6, 6.07) is 9.85. The number of hydrogen-bond donors (Lipinski definition) is 1. The molecule has 1 N–H and O–H groups in total. The SMILES string of the molecule is CC(=O)N1CCc2nc3cc([C@@H]4CCCCN4C(=O)Cc4cccc(C)c4)[nH]n3c(=O)c2C1. The second-order valence-corrected chi connectivity index (χ2v) is 9.20. The van der Waals surface area contributed by atoms with Crippen molar-refractivity contribution >= 4 is 17.5 Å². The molecular weight excluding hydrogens is 418 g/mol. The van der Waals surface area contributed by atoms with Crippen molar-refractivity contribution in [3.8, 4) is 0 Å². The van der Waals surface area contributed by atoms with Gasteiger partial charge in [-0.1, -0.05) is 29.8 Å². The summed E-state index contributed by atoms with van der Waals surface area (Å²) >= 11 is 0. The zero-order valence-electron chi connectivity index (χ0n) is 19.1. The van der Waals surface area contributed by atoms with Crippen molar-refractivity contribution in [2.24, 2.45) is 0 Å². The molecule has 2 aliphatic heterocycles. The Bertz CT molecular complexity index is 1290. The number of aromatic nitrogens is 3. The van der Waals surface area contributed by atoms with Gasteiger partial charge in [0, 0.05) is 32.5 Å². The molecule has 3 aromatic rings. The van der Waals surface area contributed by atoms with E-state index in [1.165, 1.54) is 11.4 Å². The third-order valence-corrected chi connectivity index (χ3v) is 6.85. The van der Waals surface area contributed by atoms with E-state index < -0.39 is 0 Å². The van der Waals surface area contributed by atoms with Gasteiger partial charge in [0.1, 0.15) is 0 Å². The molecule has 0 radical (unpaired) electrons. The molecule has 2 aromatic heterocycles. The first-order chi connectivity index (χ1) is 15.9. The van der Waals surface area contributed by atoms with Crippen molar-refractivity contribution in [2.75, 3.05) is 13.1 Å². The molecule has 33 heavy (non-hydrogen) atoms. The van der Waals surface area contributed by atoms with E-state index in [2.05, 4.69) is 11.2 Å². The van der Waals surface area contributed by atoms with Crippen LogP contribution in [0.2, 0.25) is 0 Å². The molecule has 1 saturated heterocycles. The third kappa shape index (κ3) is 4.05. The summed E-state index contributed by atoms with van der Waals surface area (Å²) < 4.78 is 1.47. The van der Waals surface area contributed by atoms with Gasteiger partial charge in [-0.15, -0.1) is 0 Å². The molecule has 0 aliphatic carbocycles. The fourth-order valence-corrected chi connectivity index (χ4v) is 5.09. The van der Waals surface area contributed by atoms with Crippen LogP contribution >= 0.6 is 0 Å². The quantitative estimate of drug-likeness (QED) is 0.668. The highest BCUT2D eigenvalue weighted by Crippen LogP contribution is 2.31. The Hall–Kier alpha value is -3.42. The van der Waals surface area contributed by atoms with E-state index in [4.69, 9.17) is 4.98 Å². The van der Waals surface area contributed by atoms with Crippen molar-refractivity contribution in [3.05, 3.63) is 68.8 Å². The molecule has 1 atom stereocenters. The molecule has 4 heterocycles. The molecule has 2 amide bonds. The predicted molar refractivity (Wildman–Crippen MR) is 124 cm³/mol. The lowest BCUT2D eigenvalue weighted by atomic mass is 9.98. The van der Waals surface area contributed by atoms with Crippen LogP contribution in [0.3, 0.4) is 0 Å². The monoisotopic (exact) mass is 447 g/mol. The van der Waals surface area contributed by atoms with Crippen LogP contribution in [0.4, 0.5) is 0 Å². The van der Waals surface area contributed by atoms with E-state index in [9.17, 15) is 14.4 Å². The van der Waals surface area contributed by atoms with Gasteiger partial charge >= 0.3 is 0 Å². The molecule has 8 heteroatoms. The maximum atomic E-state index is 13.2. The number of piperidine rings is 1. The first-order valence-corrected chi connectivity index (χ1v) is 11.6. The van der Waals surface area contributed by atoms with E-state index in [-0.39, 0.29) is 23.4 Å². The van der Waals surface area contributed by atoms with E-state index in [1.807, 2.05) is 36.1 Å². The molecule has 0 spiro atoms. The van der Waals surface area contributed by atoms with E-state index >= 15 is 0 Å². The molecule has 0 saturated carbocycles. The zero-order valence-corrected chi connectivity index (χ0v) is 19.1.